The molecule has 2 nitrogen and oxygen atoms in total. The van der Waals surface area contributed by atoms with Crippen LogP contribution in [0.2, 0.25) is 0 Å². The Kier molecular flexibility index (Phi) is 5.71. The standard InChI is InChI=1S/C38H31N2/c1-24-12-11-13-25(2)38(24)36-22-37(40(4)23-39-36)33-21-35-32-19-10-8-17-30(32)28-15-6-5-14-27(28)29-16-7-9-18-31(29)34(35)20-26(33)3/h5-23H,1-4H3/q+1. The SMILES string of the molecule is Cc1cc2c(cc1-c1cc(-c3c(C)cccc3C)nc[n+]1C)-c1ccccc1-c1ccccc1-c1ccccc1-2. The van der Waals surface area contributed by atoms with Gasteiger partial charge in [-0.05, 0) is 93.0 Å². The summed E-state index contributed by atoms with van der Waals surface area (Å²) in [7, 11) is 2.09. The quantitative estimate of drug-likeness (QED) is 0.210. The zero-order valence-electron chi connectivity index (χ0n) is 23.4. The fourth-order valence-electron chi connectivity index (χ4n) is 6.39. The minimum absolute atomic E-state index is 1.01. The molecule has 0 atom stereocenters. The molecule has 1 heterocycles. The van der Waals surface area contributed by atoms with Crippen molar-refractivity contribution in [2.45, 2.75) is 20.8 Å². The maximum Gasteiger partial charge on any atom is 0.287 e. The summed E-state index contributed by atoms with van der Waals surface area (Å²) in [5.74, 6) is 0. The Labute approximate surface area is 236 Å². The molecule has 2 heteroatoms. The van der Waals surface area contributed by atoms with Gasteiger partial charge < -0.3 is 0 Å². The number of aromatic nitrogens is 2. The molecule has 0 spiro atoms. The van der Waals surface area contributed by atoms with E-state index in [9.17, 15) is 0 Å². The van der Waals surface area contributed by atoms with Crippen molar-refractivity contribution in [3.05, 3.63) is 132 Å². The van der Waals surface area contributed by atoms with E-state index < -0.39 is 0 Å². The highest BCUT2D eigenvalue weighted by molar-refractivity contribution is 6.04. The van der Waals surface area contributed by atoms with Crippen molar-refractivity contribution in [2.24, 2.45) is 7.05 Å². The molecule has 0 aliphatic heterocycles. The molecule has 0 unspecified atom stereocenters. The van der Waals surface area contributed by atoms with Gasteiger partial charge >= 0.3 is 0 Å². The molecular formula is C38H31N2+. The van der Waals surface area contributed by atoms with Crippen LogP contribution in [0.5, 0.6) is 0 Å². The van der Waals surface area contributed by atoms with E-state index in [1.807, 2.05) is 6.33 Å². The fraction of sp³-hybridized carbons (Fsp3) is 0.105. The first-order chi connectivity index (χ1) is 19.5. The van der Waals surface area contributed by atoms with Crippen LogP contribution < -0.4 is 4.57 Å². The van der Waals surface area contributed by atoms with Crippen LogP contribution in [0.4, 0.5) is 0 Å². The van der Waals surface area contributed by atoms with Crippen molar-refractivity contribution < 1.29 is 4.57 Å². The second-order valence-electron chi connectivity index (χ2n) is 10.9. The molecule has 1 aromatic heterocycles. The first-order valence-corrected chi connectivity index (χ1v) is 13.9. The van der Waals surface area contributed by atoms with E-state index in [1.165, 1.54) is 72.3 Å². The second kappa shape index (κ2) is 9.43. The summed E-state index contributed by atoms with van der Waals surface area (Å²) in [6.45, 7) is 6.56. The van der Waals surface area contributed by atoms with Gasteiger partial charge in [0.15, 0.2) is 5.69 Å². The molecule has 0 amide bonds. The third-order valence-electron chi connectivity index (χ3n) is 8.34. The molecule has 5 aromatic carbocycles. The normalized spacial score (nSPS) is 11.5. The number of nitrogens with zero attached hydrogens (tertiary/aromatic N) is 2. The molecule has 0 saturated carbocycles. The highest BCUT2D eigenvalue weighted by Gasteiger charge is 2.24. The number of rotatable bonds is 2. The molecule has 0 bridgehead atoms. The Balaban J connectivity index is 1.53. The van der Waals surface area contributed by atoms with Crippen LogP contribution in [0.3, 0.4) is 0 Å². The zero-order chi connectivity index (χ0) is 27.4. The van der Waals surface area contributed by atoms with E-state index in [0.717, 1.165) is 11.4 Å². The molecule has 7 rings (SSSR count). The van der Waals surface area contributed by atoms with E-state index in [-0.39, 0.29) is 0 Å². The van der Waals surface area contributed by atoms with E-state index in [0.29, 0.717) is 0 Å². The Morgan fingerprint density at radius 2 is 0.900 bits per heavy atom. The van der Waals surface area contributed by atoms with Crippen LogP contribution in [0.15, 0.2) is 116 Å². The predicted octanol–water partition coefficient (Wildman–Crippen LogP) is 9.15. The number of hydrogen-bond donors (Lipinski definition) is 0. The summed E-state index contributed by atoms with van der Waals surface area (Å²) in [5, 5.41) is 0. The highest BCUT2D eigenvalue weighted by atomic mass is 15.0. The van der Waals surface area contributed by atoms with Crippen molar-refractivity contribution in [2.75, 3.05) is 0 Å². The first-order valence-electron chi connectivity index (χ1n) is 13.9. The summed E-state index contributed by atoms with van der Waals surface area (Å²) >= 11 is 0. The lowest BCUT2D eigenvalue weighted by molar-refractivity contribution is -0.663. The van der Waals surface area contributed by atoms with Gasteiger partial charge in [0.25, 0.3) is 6.33 Å². The maximum atomic E-state index is 4.85. The van der Waals surface area contributed by atoms with Gasteiger partial charge in [0.2, 0.25) is 0 Å². The molecule has 0 radical (unpaired) electrons. The minimum Gasteiger partial charge on any atom is -0.232 e. The molecule has 0 fully saturated rings. The number of aryl methyl sites for hydroxylation is 4. The topological polar surface area (TPSA) is 16.8 Å². The first kappa shape index (κ1) is 24.2. The van der Waals surface area contributed by atoms with Crippen molar-refractivity contribution in [1.82, 2.24) is 4.98 Å². The molecule has 1 aliphatic rings. The van der Waals surface area contributed by atoms with Crippen molar-refractivity contribution in [3.63, 3.8) is 0 Å². The van der Waals surface area contributed by atoms with Gasteiger partial charge in [-0.1, -0.05) is 97.1 Å². The Bertz CT molecular complexity index is 1930. The predicted molar refractivity (Wildman–Crippen MR) is 166 cm³/mol. The fourth-order valence-corrected chi connectivity index (χ4v) is 6.39. The maximum absolute atomic E-state index is 4.85. The monoisotopic (exact) mass is 515 g/mol. The van der Waals surface area contributed by atoms with E-state index in [4.69, 9.17) is 4.98 Å². The summed E-state index contributed by atoms with van der Waals surface area (Å²) in [5.41, 5.74) is 18.4. The smallest absolute Gasteiger partial charge is 0.232 e. The van der Waals surface area contributed by atoms with Gasteiger partial charge in [0.05, 0.1) is 7.05 Å². The minimum atomic E-state index is 1.01. The van der Waals surface area contributed by atoms with Gasteiger partial charge in [-0.15, -0.1) is 0 Å². The third kappa shape index (κ3) is 3.79. The van der Waals surface area contributed by atoms with Crippen LogP contribution >= 0.6 is 0 Å². The molecule has 0 saturated heterocycles. The number of fused-ring (bicyclic) bond motifs is 8. The van der Waals surface area contributed by atoms with Gasteiger partial charge in [0, 0.05) is 17.2 Å². The zero-order valence-corrected chi connectivity index (χ0v) is 23.4. The van der Waals surface area contributed by atoms with Gasteiger partial charge in [-0.2, -0.15) is 0 Å². The lowest BCUT2D eigenvalue weighted by Gasteiger charge is -2.24. The second-order valence-corrected chi connectivity index (χ2v) is 10.9. The van der Waals surface area contributed by atoms with Crippen molar-refractivity contribution in [1.29, 1.82) is 0 Å². The Morgan fingerprint density at radius 3 is 1.40 bits per heavy atom. The molecule has 1 aliphatic carbocycles. The number of benzene rings is 5. The van der Waals surface area contributed by atoms with E-state index in [1.54, 1.807) is 0 Å². The lowest BCUT2D eigenvalue weighted by atomic mass is 9.79. The van der Waals surface area contributed by atoms with Crippen LogP contribution in [0.25, 0.3) is 67.0 Å². The average molecular weight is 516 g/mol. The van der Waals surface area contributed by atoms with Crippen LogP contribution in [0, 0.1) is 20.8 Å². The van der Waals surface area contributed by atoms with E-state index in [2.05, 4.69) is 142 Å². The van der Waals surface area contributed by atoms with Crippen molar-refractivity contribution in [3.8, 4) is 67.0 Å². The molecule has 6 aromatic rings. The summed E-state index contributed by atoms with van der Waals surface area (Å²) in [6.07, 6.45) is 1.95. The lowest BCUT2D eigenvalue weighted by Crippen LogP contribution is -2.31. The third-order valence-corrected chi connectivity index (χ3v) is 8.34. The number of hydrogen-bond acceptors (Lipinski definition) is 1. The van der Waals surface area contributed by atoms with Crippen LogP contribution in [0.1, 0.15) is 16.7 Å². The molecule has 192 valence electrons. The van der Waals surface area contributed by atoms with Gasteiger partial charge in [0.1, 0.15) is 5.69 Å². The van der Waals surface area contributed by atoms with E-state index >= 15 is 0 Å². The molecular weight excluding hydrogens is 484 g/mol. The molecule has 0 N–H and O–H groups in total. The summed E-state index contributed by atoms with van der Waals surface area (Å²) in [6, 6.07) is 40.0. The Morgan fingerprint density at radius 1 is 0.450 bits per heavy atom. The van der Waals surface area contributed by atoms with Crippen LogP contribution in [-0.4, -0.2) is 4.98 Å². The Hall–Kier alpha value is -4.82. The largest absolute Gasteiger partial charge is 0.287 e. The summed E-state index contributed by atoms with van der Waals surface area (Å²) in [4.78, 5) is 4.85. The van der Waals surface area contributed by atoms with Gasteiger partial charge in [-0.3, -0.25) is 0 Å². The van der Waals surface area contributed by atoms with Gasteiger partial charge in [-0.25, -0.2) is 4.57 Å². The summed E-state index contributed by atoms with van der Waals surface area (Å²) < 4.78 is 2.14. The average Bonchev–Trinajstić information content (AvgIpc) is 2.97. The highest BCUT2D eigenvalue weighted by Crippen LogP contribution is 2.48. The van der Waals surface area contributed by atoms with Crippen molar-refractivity contribution >= 4 is 0 Å². The van der Waals surface area contributed by atoms with Crippen LogP contribution in [-0.2, 0) is 7.05 Å². The molecule has 40 heavy (non-hydrogen) atoms.